The predicted molar refractivity (Wildman–Crippen MR) is 73.5 cm³/mol. The van der Waals surface area contributed by atoms with Crippen molar-refractivity contribution in [3.8, 4) is 0 Å². The Bertz CT molecular complexity index is 466. The zero-order valence-corrected chi connectivity index (χ0v) is 11.9. The van der Waals surface area contributed by atoms with Crippen molar-refractivity contribution >= 4 is 29.3 Å². The van der Waals surface area contributed by atoms with E-state index in [1.807, 2.05) is 0 Å². The molecule has 0 saturated heterocycles. The minimum absolute atomic E-state index is 0.0257. The van der Waals surface area contributed by atoms with Gasteiger partial charge in [0.2, 0.25) is 5.91 Å². The molecule has 1 rings (SSSR count). The second kappa shape index (κ2) is 7.66. The van der Waals surface area contributed by atoms with Crippen molar-refractivity contribution in [2.75, 3.05) is 32.2 Å². The number of rotatable bonds is 6. The number of esters is 1. The predicted octanol–water partition coefficient (Wildman–Crippen LogP) is -0.179. The number of likely N-dealkylation sites (N-methyl/N-ethyl adjacent to an activating group) is 1. The van der Waals surface area contributed by atoms with Crippen molar-refractivity contribution in [3.05, 3.63) is 23.4 Å². The molecule has 0 spiro atoms. The molecule has 2 N–H and O–H groups in total. The number of carbonyl (C=O) groups excluding carboxylic acids is 2. The van der Waals surface area contributed by atoms with E-state index in [0.717, 1.165) is 0 Å². The summed E-state index contributed by atoms with van der Waals surface area (Å²) in [6.07, 6.45) is 1.47. The van der Waals surface area contributed by atoms with E-state index in [4.69, 9.17) is 16.7 Å². The largest absolute Gasteiger partial charge is 0.467 e. The van der Waals surface area contributed by atoms with Gasteiger partial charge in [0.05, 0.1) is 25.3 Å². The fourth-order valence-corrected chi connectivity index (χ4v) is 1.56. The lowest BCUT2D eigenvalue weighted by Gasteiger charge is -2.19. The molecule has 0 aliphatic heterocycles. The second-order valence-corrected chi connectivity index (χ2v) is 4.45. The van der Waals surface area contributed by atoms with Gasteiger partial charge in [0.25, 0.3) is 0 Å². The van der Waals surface area contributed by atoms with Crippen molar-refractivity contribution < 1.29 is 19.4 Å². The van der Waals surface area contributed by atoms with Crippen LogP contribution < -0.4 is 10.2 Å². The van der Waals surface area contributed by atoms with Gasteiger partial charge in [-0.1, -0.05) is 11.6 Å². The third-order valence-corrected chi connectivity index (χ3v) is 2.71. The Kier molecular flexibility index (Phi) is 6.20. The van der Waals surface area contributed by atoms with Crippen LogP contribution in [0.4, 0.5) is 5.82 Å². The van der Waals surface area contributed by atoms with Crippen LogP contribution in [-0.4, -0.2) is 55.3 Å². The number of methoxy groups -OCH3 is 1. The molecular weight excluding hydrogens is 286 g/mol. The number of hydrogen-bond acceptors (Lipinski definition) is 6. The number of aliphatic hydroxyl groups is 1. The number of nitrogens with one attached hydrogen (secondary N) is 1. The molecule has 7 nitrogen and oxygen atoms in total. The number of pyridine rings is 1. The number of ether oxygens (including phenoxy) is 1. The van der Waals surface area contributed by atoms with E-state index in [9.17, 15) is 9.59 Å². The molecule has 8 heteroatoms. The highest BCUT2D eigenvalue weighted by Crippen LogP contribution is 2.12. The van der Waals surface area contributed by atoms with Crippen LogP contribution in [0, 0.1) is 0 Å². The van der Waals surface area contributed by atoms with Crippen LogP contribution in [-0.2, 0) is 14.3 Å². The number of amides is 1. The van der Waals surface area contributed by atoms with Crippen molar-refractivity contribution in [3.63, 3.8) is 0 Å². The fraction of sp³-hybridized carbons (Fsp3) is 0.417. The molecule has 1 aromatic heterocycles. The van der Waals surface area contributed by atoms with E-state index in [2.05, 4.69) is 15.0 Å². The zero-order chi connectivity index (χ0) is 15.1. The molecule has 0 bridgehead atoms. The van der Waals surface area contributed by atoms with Gasteiger partial charge in [-0.05, 0) is 12.1 Å². The molecule has 0 saturated carbocycles. The first-order valence-corrected chi connectivity index (χ1v) is 6.16. The number of halogens is 1. The van der Waals surface area contributed by atoms with Crippen LogP contribution in [0.25, 0.3) is 0 Å². The summed E-state index contributed by atoms with van der Waals surface area (Å²) in [5.74, 6) is -0.579. The van der Waals surface area contributed by atoms with E-state index in [-0.39, 0.29) is 6.54 Å². The van der Waals surface area contributed by atoms with E-state index in [1.165, 1.54) is 13.3 Å². The molecule has 0 fully saturated rings. The number of aromatic nitrogens is 1. The first-order chi connectivity index (χ1) is 9.47. The zero-order valence-electron chi connectivity index (χ0n) is 11.2. The summed E-state index contributed by atoms with van der Waals surface area (Å²) in [5, 5.41) is 11.9. The Hall–Kier alpha value is -1.86. The molecule has 20 heavy (non-hydrogen) atoms. The van der Waals surface area contributed by atoms with Gasteiger partial charge in [0.1, 0.15) is 5.82 Å². The first-order valence-electron chi connectivity index (χ1n) is 5.78. The minimum Gasteiger partial charge on any atom is -0.467 e. The fourth-order valence-electron chi connectivity index (χ4n) is 1.45. The van der Waals surface area contributed by atoms with Gasteiger partial charge in [0.15, 0.2) is 6.04 Å². The van der Waals surface area contributed by atoms with E-state index >= 15 is 0 Å². The van der Waals surface area contributed by atoms with Crippen LogP contribution in [0.1, 0.15) is 0 Å². The molecule has 0 aliphatic carbocycles. The first kappa shape index (κ1) is 16.2. The molecule has 1 heterocycles. The molecular formula is C12H16ClN3O4. The van der Waals surface area contributed by atoms with E-state index < -0.39 is 24.5 Å². The Balaban J connectivity index is 2.57. The summed E-state index contributed by atoms with van der Waals surface area (Å²) in [4.78, 5) is 28.6. The Morgan fingerprint density at radius 1 is 1.55 bits per heavy atom. The lowest BCUT2D eigenvalue weighted by molar-refractivity contribution is -0.146. The Morgan fingerprint density at radius 2 is 2.25 bits per heavy atom. The quantitative estimate of drug-likeness (QED) is 0.708. The summed E-state index contributed by atoms with van der Waals surface area (Å²) in [5.41, 5.74) is 0. The highest BCUT2D eigenvalue weighted by atomic mass is 35.5. The third kappa shape index (κ3) is 4.67. The van der Waals surface area contributed by atoms with Crippen molar-refractivity contribution in [1.29, 1.82) is 0 Å². The summed E-state index contributed by atoms with van der Waals surface area (Å²) in [6, 6.07) is 2.25. The van der Waals surface area contributed by atoms with E-state index in [0.29, 0.717) is 10.8 Å². The van der Waals surface area contributed by atoms with Crippen LogP contribution in [0.5, 0.6) is 0 Å². The van der Waals surface area contributed by atoms with Gasteiger partial charge < -0.3 is 20.1 Å². The third-order valence-electron chi connectivity index (χ3n) is 2.49. The summed E-state index contributed by atoms with van der Waals surface area (Å²) >= 11 is 5.72. The maximum atomic E-state index is 11.8. The summed E-state index contributed by atoms with van der Waals surface area (Å²) in [6.45, 7) is -0.552. The van der Waals surface area contributed by atoms with Crippen molar-refractivity contribution in [2.24, 2.45) is 0 Å². The molecule has 110 valence electrons. The Morgan fingerprint density at radius 3 is 2.75 bits per heavy atom. The summed E-state index contributed by atoms with van der Waals surface area (Å²) < 4.78 is 4.45. The van der Waals surface area contributed by atoms with Crippen LogP contribution in [0.3, 0.4) is 0 Å². The number of aliphatic hydroxyl groups excluding tert-OH is 1. The molecule has 0 aromatic carbocycles. The van der Waals surface area contributed by atoms with Gasteiger partial charge in [-0.25, -0.2) is 9.78 Å². The lowest BCUT2D eigenvalue weighted by Crippen LogP contribution is -2.47. The number of anilines is 1. The normalized spacial score (nSPS) is 11.6. The second-order valence-electron chi connectivity index (χ2n) is 4.02. The highest BCUT2D eigenvalue weighted by molar-refractivity contribution is 6.30. The van der Waals surface area contributed by atoms with Gasteiger partial charge in [-0.2, -0.15) is 0 Å². The molecule has 1 atom stereocenters. The molecule has 1 unspecified atom stereocenters. The SMILES string of the molecule is COC(=O)C(CO)NC(=O)CN(C)c1ccc(Cl)cn1. The monoisotopic (exact) mass is 301 g/mol. The minimum atomic E-state index is -1.07. The molecule has 1 aromatic rings. The Labute approximate surface area is 121 Å². The number of hydrogen-bond donors (Lipinski definition) is 2. The van der Waals surface area contributed by atoms with Crippen LogP contribution in [0.2, 0.25) is 5.02 Å². The highest BCUT2D eigenvalue weighted by Gasteiger charge is 2.21. The van der Waals surface area contributed by atoms with Crippen molar-refractivity contribution in [2.45, 2.75) is 6.04 Å². The van der Waals surface area contributed by atoms with E-state index in [1.54, 1.807) is 24.1 Å². The average Bonchev–Trinajstić information content (AvgIpc) is 2.44. The van der Waals surface area contributed by atoms with Crippen LogP contribution >= 0.6 is 11.6 Å². The maximum Gasteiger partial charge on any atom is 0.330 e. The van der Waals surface area contributed by atoms with Gasteiger partial charge >= 0.3 is 5.97 Å². The number of nitrogens with zero attached hydrogens (tertiary/aromatic N) is 2. The van der Waals surface area contributed by atoms with Gasteiger partial charge in [-0.3, -0.25) is 4.79 Å². The van der Waals surface area contributed by atoms with Gasteiger partial charge in [0, 0.05) is 13.2 Å². The maximum absolute atomic E-state index is 11.8. The smallest absolute Gasteiger partial charge is 0.330 e. The summed E-state index contributed by atoms with van der Waals surface area (Å²) in [7, 11) is 2.85. The standard InChI is InChI=1S/C12H16ClN3O4/c1-16(10-4-3-8(13)5-14-10)6-11(18)15-9(7-17)12(19)20-2/h3-5,9,17H,6-7H2,1-2H3,(H,15,18). The average molecular weight is 302 g/mol. The molecule has 0 aliphatic rings. The lowest BCUT2D eigenvalue weighted by atomic mass is 10.3. The number of carbonyl (C=O) groups is 2. The van der Waals surface area contributed by atoms with Gasteiger partial charge in [-0.15, -0.1) is 0 Å². The van der Waals surface area contributed by atoms with Crippen LogP contribution in [0.15, 0.2) is 18.3 Å². The topological polar surface area (TPSA) is 91.8 Å². The van der Waals surface area contributed by atoms with Crippen molar-refractivity contribution in [1.82, 2.24) is 10.3 Å². The molecule has 0 radical (unpaired) electrons. The molecule has 1 amide bonds.